The van der Waals surface area contributed by atoms with Crippen molar-refractivity contribution in [2.24, 2.45) is 23.2 Å². The smallest absolute Gasteiger partial charge is 0.0352 e. The van der Waals surface area contributed by atoms with E-state index in [1.165, 1.54) is 57.8 Å². The van der Waals surface area contributed by atoms with E-state index in [1.54, 1.807) is 0 Å². The van der Waals surface area contributed by atoms with E-state index < -0.39 is 0 Å². The molecule has 0 aliphatic rings. The largest absolute Gasteiger partial charge is 0.0654 e. The van der Waals surface area contributed by atoms with Crippen molar-refractivity contribution in [2.75, 3.05) is 0 Å². The predicted molar refractivity (Wildman–Crippen MR) is 94.2 cm³/mol. The quantitative estimate of drug-likeness (QED) is 0.368. The Labute approximate surface area is 130 Å². The van der Waals surface area contributed by atoms with E-state index in [1.807, 2.05) is 0 Å². The molecule has 0 saturated carbocycles. The highest BCUT2D eigenvalue weighted by Crippen LogP contribution is 2.41. The van der Waals surface area contributed by atoms with Gasteiger partial charge in [0.2, 0.25) is 0 Å². The molecule has 122 valence electrons. The second-order valence-electron chi connectivity index (χ2n) is 8.10. The maximum Gasteiger partial charge on any atom is -0.0352 e. The first-order chi connectivity index (χ1) is 9.39. The topological polar surface area (TPSA) is 0 Å². The molecule has 0 radical (unpaired) electrons. The molecular formula is C20H42. The van der Waals surface area contributed by atoms with Crippen molar-refractivity contribution in [3.8, 4) is 0 Å². The third kappa shape index (κ3) is 8.32. The first kappa shape index (κ1) is 20.0. The average molecular weight is 283 g/mol. The van der Waals surface area contributed by atoms with Crippen molar-refractivity contribution >= 4 is 0 Å². The highest BCUT2D eigenvalue weighted by Gasteiger charge is 2.31. The Morgan fingerprint density at radius 3 is 1.10 bits per heavy atom. The van der Waals surface area contributed by atoms with Crippen molar-refractivity contribution in [1.82, 2.24) is 0 Å². The van der Waals surface area contributed by atoms with Gasteiger partial charge in [-0.3, -0.25) is 0 Å². The van der Waals surface area contributed by atoms with Gasteiger partial charge in [0.05, 0.1) is 0 Å². The molecule has 0 nitrogen and oxygen atoms in total. The molecule has 0 spiro atoms. The van der Waals surface area contributed by atoms with Gasteiger partial charge in [-0.2, -0.15) is 0 Å². The molecule has 0 N–H and O–H groups in total. The molecule has 0 fully saturated rings. The van der Waals surface area contributed by atoms with E-state index >= 15 is 0 Å². The van der Waals surface area contributed by atoms with Gasteiger partial charge in [0.25, 0.3) is 0 Å². The monoisotopic (exact) mass is 282 g/mol. The van der Waals surface area contributed by atoms with Crippen molar-refractivity contribution in [3.63, 3.8) is 0 Å². The molecule has 0 amide bonds. The molecule has 0 aliphatic heterocycles. The Hall–Kier alpha value is 0. The summed E-state index contributed by atoms with van der Waals surface area (Å²) >= 11 is 0. The van der Waals surface area contributed by atoms with Gasteiger partial charge < -0.3 is 0 Å². The molecule has 0 rings (SSSR count). The van der Waals surface area contributed by atoms with Crippen molar-refractivity contribution in [2.45, 2.75) is 106 Å². The van der Waals surface area contributed by atoms with Crippen LogP contribution in [0, 0.1) is 23.2 Å². The molecule has 0 aromatic rings. The summed E-state index contributed by atoms with van der Waals surface area (Å²) < 4.78 is 0. The summed E-state index contributed by atoms with van der Waals surface area (Å²) in [5.74, 6) is 2.88. The zero-order valence-electron chi connectivity index (χ0n) is 15.6. The van der Waals surface area contributed by atoms with Crippen molar-refractivity contribution in [1.29, 1.82) is 0 Å². The Morgan fingerprint density at radius 1 is 0.600 bits per heavy atom. The first-order valence-corrected chi connectivity index (χ1v) is 9.39. The van der Waals surface area contributed by atoms with Gasteiger partial charge in [-0.25, -0.2) is 0 Å². The van der Waals surface area contributed by atoms with Crippen LogP contribution < -0.4 is 0 Å². The van der Waals surface area contributed by atoms with Crippen LogP contribution in [0.3, 0.4) is 0 Å². The van der Waals surface area contributed by atoms with E-state index in [4.69, 9.17) is 0 Å². The van der Waals surface area contributed by atoms with E-state index in [0.717, 1.165) is 17.8 Å². The van der Waals surface area contributed by atoms with Crippen LogP contribution in [-0.4, -0.2) is 0 Å². The minimum absolute atomic E-state index is 0.476. The van der Waals surface area contributed by atoms with Crippen molar-refractivity contribution in [3.05, 3.63) is 0 Å². The molecule has 0 heterocycles. The lowest BCUT2D eigenvalue weighted by Crippen LogP contribution is -2.28. The molecule has 0 saturated heterocycles. The van der Waals surface area contributed by atoms with Gasteiger partial charge in [-0.1, -0.05) is 99.8 Å². The summed E-state index contributed by atoms with van der Waals surface area (Å²) in [7, 11) is 0. The molecule has 0 bridgehead atoms. The lowest BCUT2D eigenvalue weighted by molar-refractivity contribution is 0.124. The van der Waals surface area contributed by atoms with Gasteiger partial charge in [-0.05, 0) is 29.6 Å². The van der Waals surface area contributed by atoms with E-state index in [9.17, 15) is 0 Å². The predicted octanol–water partition coefficient (Wildman–Crippen LogP) is 7.47. The Balaban J connectivity index is 5.06. The highest BCUT2D eigenvalue weighted by molar-refractivity contribution is 4.81. The molecule has 0 heteroatoms. The maximum atomic E-state index is 2.43. The Bertz CT molecular complexity index is 183. The first-order valence-electron chi connectivity index (χ1n) is 9.39. The van der Waals surface area contributed by atoms with Crippen LogP contribution in [0.1, 0.15) is 106 Å². The molecule has 0 aliphatic carbocycles. The average Bonchev–Trinajstić information content (AvgIpc) is 2.34. The number of rotatable bonds is 11. The molecule has 0 unspecified atom stereocenters. The molecule has 20 heavy (non-hydrogen) atoms. The van der Waals surface area contributed by atoms with Gasteiger partial charge >= 0.3 is 0 Å². The number of hydrogen-bond donors (Lipinski definition) is 0. The fourth-order valence-electron chi connectivity index (χ4n) is 4.05. The van der Waals surface area contributed by atoms with Crippen LogP contribution >= 0.6 is 0 Å². The second kappa shape index (κ2) is 10.7. The fraction of sp³-hybridized carbons (Fsp3) is 1.00. The normalized spacial score (nSPS) is 12.9. The summed E-state index contributed by atoms with van der Waals surface area (Å²) in [6.45, 7) is 16.8. The van der Waals surface area contributed by atoms with E-state index in [-0.39, 0.29) is 0 Å². The van der Waals surface area contributed by atoms with Crippen LogP contribution in [0.5, 0.6) is 0 Å². The van der Waals surface area contributed by atoms with Gasteiger partial charge in [0.1, 0.15) is 0 Å². The summed E-state index contributed by atoms with van der Waals surface area (Å²) in [5, 5.41) is 0. The summed E-state index contributed by atoms with van der Waals surface area (Å²) in [6, 6.07) is 0. The lowest BCUT2D eigenvalue weighted by atomic mass is 9.67. The maximum absolute atomic E-state index is 2.43. The zero-order valence-corrected chi connectivity index (χ0v) is 15.6. The van der Waals surface area contributed by atoms with Crippen LogP contribution in [0.25, 0.3) is 0 Å². The van der Waals surface area contributed by atoms with E-state index in [0.29, 0.717) is 5.41 Å². The highest BCUT2D eigenvalue weighted by atomic mass is 14.4. The zero-order chi connectivity index (χ0) is 15.6. The van der Waals surface area contributed by atoms with E-state index in [2.05, 4.69) is 48.5 Å². The summed E-state index contributed by atoms with van der Waals surface area (Å²) in [4.78, 5) is 0. The van der Waals surface area contributed by atoms with Crippen LogP contribution in [-0.2, 0) is 0 Å². The summed E-state index contributed by atoms with van der Waals surface area (Å²) in [5.41, 5.74) is 0.476. The lowest BCUT2D eigenvalue weighted by Gasteiger charge is -2.38. The van der Waals surface area contributed by atoms with Crippen LogP contribution in [0.4, 0.5) is 0 Å². The van der Waals surface area contributed by atoms with Crippen LogP contribution in [0.2, 0.25) is 0 Å². The second-order valence-corrected chi connectivity index (χ2v) is 8.10. The van der Waals surface area contributed by atoms with Crippen LogP contribution in [0.15, 0.2) is 0 Å². The fourth-order valence-corrected chi connectivity index (χ4v) is 4.05. The molecular weight excluding hydrogens is 240 g/mol. The van der Waals surface area contributed by atoms with Crippen molar-refractivity contribution < 1.29 is 0 Å². The molecule has 0 aromatic heterocycles. The minimum atomic E-state index is 0.476. The summed E-state index contributed by atoms with van der Waals surface area (Å²) in [6.07, 6.45) is 12.6. The third-order valence-electron chi connectivity index (χ3n) is 4.70. The Kier molecular flexibility index (Phi) is 10.7. The van der Waals surface area contributed by atoms with Gasteiger partial charge in [-0.15, -0.1) is 0 Å². The van der Waals surface area contributed by atoms with Gasteiger partial charge in [0, 0.05) is 0 Å². The number of hydrogen-bond acceptors (Lipinski definition) is 0. The van der Waals surface area contributed by atoms with Gasteiger partial charge in [0.15, 0.2) is 0 Å². The Morgan fingerprint density at radius 2 is 0.900 bits per heavy atom. The molecule has 0 atom stereocenters. The minimum Gasteiger partial charge on any atom is -0.0654 e. The SMILES string of the molecule is CCCC(CCC)C(CC(C)(C)C)C(CCC)CCC. The molecule has 0 aromatic carbocycles. The standard InChI is InChI=1S/C20H42/c1-8-12-17(13-9-2)19(16-20(5,6)7)18(14-10-3)15-11-4/h17-19H,8-16H2,1-7H3. The third-order valence-corrected chi connectivity index (χ3v) is 4.70.